The third-order valence-electron chi connectivity index (χ3n) is 4.15. The highest BCUT2D eigenvalue weighted by Crippen LogP contribution is 2.31. The highest BCUT2D eigenvalue weighted by molar-refractivity contribution is 6.03. The molecule has 8 nitrogen and oxygen atoms in total. The van der Waals surface area contributed by atoms with Crippen LogP contribution in [0.25, 0.3) is 0 Å². The molecule has 2 heterocycles. The molecule has 0 spiro atoms. The molecule has 3 rings (SSSR count). The number of aromatic nitrogens is 2. The summed E-state index contributed by atoms with van der Waals surface area (Å²) < 4.78 is 27.5. The predicted molar refractivity (Wildman–Crippen MR) is 93.9 cm³/mol. The Balaban J connectivity index is 1.82. The van der Waals surface area contributed by atoms with Crippen LogP contribution in [0.5, 0.6) is 0 Å². The molecule has 138 valence electrons. The van der Waals surface area contributed by atoms with E-state index < -0.39 is 42.5 Å². The summed E-state index contributed by atoms with van der Waals surface area (Å²) in [6, 6.07) is 9.90. The van der Waals surface area contributed by atoms with Crippen molar-refractivity contribution in [1.82, 2.24) is 9.55 Å². The molecule has 0 aliphatic carbocycles. The Morgan fingerprint density at radius 1 is 1.42 bits per heavy atom. The zero-order valence-electron chi connectivity index (χ0n) is 16.3. The van der Waals surface area contributed by atoms with Crippen molar-refractivity contribution in [3.63, 3.8) is 0 Å². The van der Waals surface area contributed by atoms with Crippen LogP contribution in [0.15, 0.2) is 47.4 Å². The van der Waals surface area contributed by atoms with Gasteiger partial charge in [0.2, 0.25) is 0 Å². The van der Waals surface area contributed by atoms with Crippen molar-refractivity contribution in [3.8, 4) is 0 Å². The van der Waals surface area contributed by atoms with Crippen molar-refractivity contribution in [2.75, 3.05) is 12.4 Å². The second kappa shape index (κ2) is 7.77. The SMILES string of the molecule is [2H]C([2H])(C)[C@H]1O[C@@H](n2ccc(NC(=O)c3ccccc3)nc2=O)[C@H](OC)[C@@H]1O. The number of benzene rings is 1. The van der Waals surface area contributed by atoms with E-state index in [0.717, 1.165) is 4.57 Å². The van der Waals surface area contributed by atoms with E-state index in [2.05, 4.69) is 10.3 Å². The molecule has 26 heavy (non-hydrogen) atoms. The van der Waals surface area contributed by atoms with Gasteiger partial charge in [-0.3, -0.25) is 9.36 Å². The Kier molecular flexibility index (Phi) is 4.69. The molecule has 1 amide bonds. The number of hydrogen-bond acceptors (Lipinski definition) is 6. The summed E-state index contributed by atoms with van der Waals surface area (Å²) in [5, 5.41) is 12.9. The number of nitrogens with one attached hydrogen (secondary N) is 1. The van der Waals surface area contributed by atoms with Gasteiger partial charge >= 0.3 is 5.69 Å². The van der Waals surface area contributed by atoms with Gasteiger partial charge in [-0.05, 0) is 24.6 Å². The Hall–Kier alpha value is -2.55. The van der Waals surface area contributed by atoms with Crippen molar-refractivity contribution in [2.45, 2.75) is 37.8 Å². The number of nitrogens with zero attached hydrogens (tertiary/aromatic N) is 2. The van der Waals surface area contributed by atoms with Crippen molar-refractivity contribution < 1.29 is 22.1 Å². The molecule has 0 radical (unpaired) electrons. The molecular weight excluding hydrogens is 338 g/mol. The van der Waals surface area contributed by atoms with Crippen LogP contribution in [0.1, 0.15) is 32.6 Å². The maximum Gasteiger partial charge on any atom is 0.351 e. The van der Waals surface area contributed by atoms with Crippen LogP contribution in [-0.2, 0) is 9.47 Å². The zero-order chi connectivity index (χ0) is 20.5. The van der Waals surface area contributed by atoms with E-state index in [1.165, 1.54) is 26.3 Å². The van der Waals surface area contributed by atoms with Gasteiger partial charge in [-0.1, -0.05) is 25.1 Å². The first kappa shape index (κ1) is 15.7. The number of carbonyl (C=O) groups is 1. The number of amides is 1. The van der Waals surface area contributed by atoms with Crippen LogP contribution in [-0.4, -0.2) is 46.0 Å². The standard InChI is InChI=1S/C18H21N3O5/c1-3-12-14(22)15(25-2)17(26-12)21-10-9-13(20-18(21)24)19-16(23)11-7-5-4-6-8-11/h4-10,12,14-15,17,22H,3H2,1-2H3,(H,19,20,23,24)/t12-,14-,15-,17-/m1/s1/i3D2. The number of methoxy groups -OCH3 is 1. The van der Waals surface area contributed by atoms with Gasteiger partial charge < -0.3 is 19.9 Å². The number of anilines is 1. The first-order valence-electron chi connectivity index (χ1n) is 9.04. The molecule has 1 saturated heterocycles. The number of hydrogen-bond donors (Lipinski definition) is 2. The molecular formula is C18H21N3O5. The molecule has 1 aromatic carbocycles. The van der Waals surface area contributed by atoms with Crippen LogP contribution >= 0.6 is 0 Å². The monoisotopic (exact) mass is 361 g/mol. The lowest BCUT2D eigenvalue weighted by Crippen LogP contribution is -2.37. The predicted octanol–water partition coefficient (Wildman–Crippen LogP) is 1.18. The van der Waals surface area contributed by atoms with Crippen molar-refractivity contribution >= 4 is 11.7 Å². The van der Waals surface area contributed by atoms with Gasteiger partial charge in [0, 0.05) is 21.6 Å². The van der Waals surface area contributed by atoms with E-state index >= 15 is 0 Å². The van der Waals surface area contributed by atoms with Crippen LogP contribution in [0.3, 0.4) is 0 Å². The van der Waals surface area contributed by atoms with Crippen molar-refractivity contribution in [3.05, 3.63) is 58.6 Å². The normalized spacial score (nSPS) is 26.9. The second-order valence-electron chi connectivity index (χ2n) is 5.75. The van der Waals surface area contributed by atoms with E-state index in [1.807, 2.05) is 0 Å². The molecule has 1 aromatic heterocycles. The summed E-state index contributed by atoms with van der Waals surface area (Å²) in [4.78, 5) is 28.5. The molecule has 1 aliphatic rings. The van der Waals surface area contributed by atoms with Gasteiger partial charge in [0.05, 0.1) is 6.10 Å². The summed E-state index contributed by atoms with van der Waals surface area (Å²) in [7, 11) is 1.34. The molecule has 2 N–H and O–H groups in total. The first-order chi connectivity index (χ1) is 13.2. The lowest BCUT2D eigenvalue weighted by Gasteiger charge is -2.20. The molecule has 1 fully saturated rings. The molecule has 1 aliphatic heterocycles. The number of carbonyl (C=O) groups excluding carboxylic acids is 1. The van der Waals surface area contributed by atoms with Gasteiger partial charge in [-0.25, -0.2) is 4.79 Å². The minimum Gasteiger partial charge on any atom is -0.388 e. The lowest BCUT2D eigenvalue weighted by molar-refractivity contribution is -0.0541. The highest BCUT2D eigenvalue weighted by Gasteiger charge is 2.44. The molecule has 2 aromatic rings. The van der Waals surface area contributed by atoms with Gasteiger partial charge in [-0.15, -0.1) is 0 Å². The largest absolute Gasteiger partial charge is 0.388 e. The third-order valence-corrected chi connectivity index (χ3v) is 4.15. The Morgan fingerprint density at radius 2 is 2.15 bits per heavy atom. The molecule has 4 atom stereocenters. The van der Waals surface area contributed by atoms with E-state index in [0.29, 0.717) is 5.56 Å². The van der Waals surface area contributed by atoms with E-state index in [1.54, 1.807) is 30.3 Å². The molecule has 0 unspecified atom stereocenters. The fourth-order valence-corrected chi connectivity index (χ4v) is 2.82. The van der Waals surface area contributed by atoms with Gasteiger partial charge in [0.25, 0.3) is 5.91 Å². The zero-order valence-corrected chi connectivity index (χ0v) is 14.3. The average molecular weight is 361 g/mol. The van der Waals surface area contributed by atoms with Gasteiger partial charge in [0.15, 0.2) is 6.23 Å². The maximum absolute atomic E-state index is 12.5. The number of rotatable bonds is 5. The smallest absolute Gasteiger partial charge is 0.351 e. The first-order valence-corrected chi connectivity index (χ1v) is 8.04. The minimum atomic E-state index is -1.84. The van der Waals surface area contributed by atoms with E-state index in [4.69, 9.17) is 12.2 Å². The molecule has 0 saturated carbocycles. The quantitative estimate of drug-likeness (QED) is 0.829. The Labute approximate surface area is 153 Å². The number of aliphatic hydroxyl groups is 1. The fraction of sp³-hybridized carbons (Fsp3) is 0.389. The molecule has 8 heteroatoms. The van der Waals surface area contributed by atoms with Crippen LogP contribution in [0, 0.1) is 0 Å². The van der Waals surface area contributed by atoms with Crippen LogP contribution < -0.4 is 11.0 Å². The lowest BCUT2D eigenvalue weighted by atomic mass is 10.1. The van der Waals surface area contributed by atoms with Gasteiger partial charge in [-0.2, -0.15) is 4.98 Å². The Morgan fingerprint density at radius 3 is 2.77 bits per heavy atom. The minimum absolute atomic E-state index is 0.0602. The number of ether oxygens (including phenoxy) is 2. The summed E-state index contributed by atoms with van der Waals surface area (Å²) in [6.45, 7) is 1.28. The van der Waals surface area contributed by atoms with E-state index in [9.17, 15) is 14.7 Å². The summed E-state index contributed by atoms with van der Waals surface area (Å²) >= 11 is 0. The highest BCUT2D eigenvalue weighted by atomic mass is 16.6. The van der Waals surface area contributed by atoms with Gasteiger partial charge in [0.1, 0.15) is 18.0 Å². The summed E-state index contributed by atoms with van der Waals surface area (Å²) in [5.74, 6) is -0.350. The van der Waals surface area contributed by atoms with Crippen molar-refractivity contribution in [2.24, 2.45) is 0 Å². The van der Waals surface area contributed by atoms with E-state index in [-0.39, 0.29) is 5.82 Å². The summed E-state index contributed by atoms with van der Waals surface area (Å²) in [5.41, 5.74) is -0.314. The second-order valence-corrected chi connectivity index (χ2v) is 5.75. The Bertz CT molecular complexity index is 900. The fourth-order valence-electron chi connectivity index (χ4n) is 2.82. The van der Waals surface area contributed by atoms with Crippen LogP contribution in [0.4, 0.5) is 5.82 Å². The van der Waals surface area contributed by atoms with Crippen molar-refractivity contribution in [1.29, 1.82) is 0 Å². The molecule has 0 bridgehead atoms. The number of aliphatic hydroxyl groups excluding tert-OH is 1. The summed E-state index contributed by atoms with van der Waals surface area (Å²) in [6.07, 6.45) is -4.94. The third kappa shape index (κ3) is 3.52. The average Bonchev–Trinajstić information content (AvgIpc) is 2.99. The topological polar surface area (TPSA) is 103 Å². The maximum atomic E-state index is 12.5. The van der Waals surface area contributed by atoms with Crippen LogP contribution in [0.2, 0.25) is 0 Å².